The zero-order chi connectivity index (χ0) is 15.4. The van der Waals surface area contributed by atoms with E-state index in [1.807, 2.05) is 61.5 Å². The average molecular weight is 293 g/mol. The highest BCUT2D eigenvalue weighted by atomic mass is 16.2. The third kappa shape index (κ3) is 3.12. The van der Waals surface area contributed by atoms with Crippen LogP contribution in [-0.2, 0) is 0 Å². The van der Waals surface area contributed by atoms with Crippen LogP contribution in [0.1, 0.15) is 16.1 Å². The molecule has 1 aromatic heterocycles. The maximum absolute atomic E-state index is 12.3. The number of anilines is 3. The van der Waals surface area contributed by atoms with E-state index in [4.69, 9.17) is 0 Å². The first-order valence-corrected chi connectivity index (χ1v) is 6.83. The van der Waals surface area contributed by atoms with Gasteiger partial charge in [0.25, 0.3) is 5.91 Å². The molecule has 0 aliphatic heterocycles. The van der Waals surface area contributed by atoms with Gasteiger partial charge in [0.05, 0.1) is 0 Å². The molecule has 0 unspecified atom stereocenters. The molecule has 0 radical (unpaired) electrons. The lowest BCUT2D eigenvalue weighted by Gasteiger charge is -2.06. The summed E-state index contributed by atoms with van der Waals surface area (Å²) in [5.74, 6) is 0.0640. The van der Waals surface area contributed by atoms with Gasteiger partial charge in [0, 0.05) is 11.4 Å². The van der Waals surface area contributed by atoms with Crippen molar-refractivity contribution in [2.45, 2.75) is 6.92 Å². The molecule has 0 saturated heterocycles. The number of benzene rings is 2. The molecule has 0 atom stereocenters. The van der Waals surface area contributed by atoms with E-state index in [0.717, 1.165) is 16.9 Å². The standard InChI is InChI=1S/C16H15N5O/c1-11-6-5-9-13(10-11)18-16(22)14-15(20-21-19-14)17-12-7-3-2-4-8-12/h2-10H,1H3,(H,18,22)(H2,17,19,20,21). The molecule has 6 heteroatoms. The van der Waals surface area contributed by atoms with Crippen molar-refractivity contribution < 1.29 is 4.79 Å². The maximum Gasteiger partial charge on any atom is 0.280 e. The Morgan fingerprint density at radius 2 is 1.77 bits per heavy atom. The molecule has 22 heavy (non-hydrogen) atoms. The molecule has 0 spiro atoms. The number of aromatic amines is 1. The Balaban J connectivity index is 1.78. The second-order valence-electron chi connectivity index (χ2n) is 4.84. The summed E-state index contributed by atoms with van der Waals surface area (Å²) in [5.41, 5.74) is 2.84. The van der Waals surface area contributed by atoms with Crippen LogP contribution in [0.2, 0.25) is 0 Å². The second-order valence-corrected chi connectivity index (χ2v) is 4.84. The molecule has 0 saturated carbocycles. The summed E-state index contributed by atoms with van der Waals surface area (Å²) in [7, 11) is 0. The normalized spacial score (nSPS) is 10.2. The second kappa shape index (κ2) is 6.09. The van der Waals surface area contributed by atoms with Crippen molar-refractivity contribution in [3.8, 4) is 0 Å². The first-order valence-electron chi connectivity index (χ1n) is 6.83. The van der Waals surface area contributed by atoms with Gasteiger partial charge in [-0.3, -0.25) is 4.79 Å². The first kappa shape index (κ1) is 13.8. The van der Waals surface area contributed by atoms with E-state index in [-0.39, 0.29) is 11.6 Å². The predicted molar refractivity (Wildman–Crippen MR) is 85.2 cm³/mol. The Morgan fingerprint density at radius 1 is 1.00 bits per heavy atom. The fraction of sp³-hybridized carbons (Fsp3) is 0.0625. The van der Waals surface area contributed by atoms with Gasteiger partial charge >= 0.3 is 0 Å². The van der Waals surface area contributed by atoms with Crippen LogP contribution in [0.15, 0.2) is 54.6 Å². The monoisotopic (exact) mass is 293 g/mol. The van der Waals surface area contributed by atoms with Gasteiger partial charge in [-0.15, -0.1) is 10.2 Å². The van der Waals surface area contributed by atoms with Crippen LogP contribution in [0.3, 0.4) is 0 Å². The molecular formula is C16H15N5O. The van der Waals surface area contributed by atoms with E-state index >= 15 is 0 Å². The van der Waals surface area contributed by atoms with Gasteiger partial charge in [0.15, 0.2) is 11.5 Å². The molecule has 0 bridgehead atoms. The van der Waals surface area contributed by atoms with Gasteiger partial charge in [0.2, 0.25) is 0 Å². The van der Waals surface area contributed by atoms with Crippen LogP contribution in [-0.4, -0.2) is 21.3 Å². The molecule has 2 aromatic carbocycles. The molecule has 1 amide bonds. The van der Waals surface area contributed by atoms with Gasteiger partial charge in [0.1, 0.15) is 0 Å². The fourth-order valence-electron chi connectivity index (χ4n) is 2.05. The summed E-state index contributed by atoms with van der Waals surface area (Å²) in [6, 6.07) is 17.1. The zero-order valence-electron chi connectivity index (χ0n) is 12.0. The number of hydrogen-bond acceptors (Lipinski definition) is 4. The summed E-state index contributed by atoms with van der Waals surface area (Å²) in [6.45, 7) is 1.97. The molecule has 3 N–H and O–H groups in total. The molecule has 110 valence electrons. The first-order chi connectivity index (χ1) is 10.7. The largest absolute Gasteiger partial charge is 0.337 e. The molecule has 3 aromatic rings. The van der Waals surface area contributed by atoms with Crippen LogP contribution in [0, 0.1) is 6.92 Å². The number of amides is 1. The summed E-state index contributed by atoms with van der Waals surface area (Å²) in [6.07, 6.45) is 0. The van der Waals surface area contributed by atoms with E-state index in [2.05, 4.69) is 26.0 Å². The Hall–Kier alpha value is -3.15. The van der Waals surface area contributed by atoms with E-state index in [9.17, 15) is 4.79 Å². The van der Waals surface area contributed by atoms with E-state index in [1.54, 1.807) is 0 Å². The Kier molecular flexibility index (Phi) is 3.82. The lowest BCUT2D eigenvalue weighted by Crippen LogP contribution is -2.14. The van der Waals surface area contributed by atoms with Crippen molar-refractivity contribution in [2.24, 2.45) is 0 Å². The van der Waals surface area contributed by atoms with Crippen molar-refractivity contribution in [2.75, 3.05) is 10.6 Å². The summed E-state index contributed by atoms with van der Waals surface area (Å²) in [4.78, 5) is 12.3. The Labute approximate surface area is 127 Å². The minimum absolute atomic E-state index is 0.213. The fourth-order valence-corrected chi connectivity index (χ4v) is 2.05. The molecule has 1 heterocycles. The van der Waals surface area contributed by atoms with Gasteiger partial charge in [-0.2, -0.15) is 5.21 Å². The number of aryl methyl sites for hydroxylation is 1. The summed E-state index contributed by atoms with van der Waals surface area (Å²) < 4.78 is 0. The average Bonchev–Trinajstić information content (AvgIpc) is 2.96. The van der Waals surface area contributed by atoms with Crippen LogP contribution in [0.25, 0.3) is 0 Å². The number of rotatable bonds is 4. The Bertz CT molecular complexity index is 782. The van der Waals surface area contributed by atoms with Crippen molar-refractivity contribution in [1.82, 2.24) is 15.4 Å². The minimum atomic E-state index is -0.321. The van der Waals surface area contributed by atoms with Gasteiger partial charge < -0.3 is 10.6 Å². The van der Waals surface area contributed by atoms with Gasteiger partial charge in [-0.05, 0) is 36.8 Å². The smallest absolute Gasteiger partial charge is 0.280 e. The lowest BCUT2D eigenvalue weighted by atomic mass is 10.2. The van der Waals surface area contributed by atoms with Gasteiger partial charge in [-0.25, -0.2) is 0 Å². The van der Waals surface area contributed by atoms with Crippen LogP contribution in [0.4, 0.5) is 17.2 Å². The molecular weight excluding hydrogens is 278 g/mol. The molecule has 0 aliphatic carbocycles. The number of carbonyl (C=O) groups excluding carboxylic acids is 1. The van der Waals surface area contributed by atoms with Crippen molar-refractivity contribution >= 4 is 23.1 Å². The number of carbonyl (C=O) groups is 1. The number of para-hydroxylation sites is 1. The third-order valence-electron chi connectivity index (χ3n) is 3.08. The Morgan fingerprint density at radius 3 is 2.55 bits per heavy atom. The van der Waals surface area contributed by atoms with Crippen molar-refractivity contribution in [3.05, 3.63) is 65.9 Å². The molecule has 0 aliphatic rings. The van der Waals surface area contributed by atoms with Crippen LogP contribution in [0.5, 0.6) is 0 Å². The summed E-state index contributed by atoms with van der Waals surface area (Å²) >= 11 is 0. The van der Waals surface area contributed by atoms with Crippen molar-refractivity contribution in [3.63, 3.8) is 0 Å². The molecule has 6 nitrogen and oxygen atoms in total. The van der Waals surface area contributed by atoms with Crippen molar-refractivity contribution in [1.29, 1.82) is 0 Å². The van der Waals surface area contributed by atoms with E-state index < -0.39 is 0 Å². The minimum Gasteiger partial charge on any atom is -0.337 e. The number of hydrogen-bond donors (Lipinski definition) is 3. The molecule has 3 rings (SSSR count). The number of nitrogens with one attached hydrogen (secondary N) is 3. The van der Waals surface area contributed by atoms with Crippen LogP contribution >= 0.6 is 0 Å². The highest BCUT2D eigenvalue weighted by molar-refractivity contribution is 6.06. The predicted octanol–water partition coefficient (Wildman–Crippen LogP) is 3.11. The number of aromatic nitrogens is 3. The third-order valence-corrected chi connectivity index (χ3v) is 3.08. The molecule has 0 fully saturated rings. The zero-order valence-corrected chi connectivity index (χ0v) is 12.0. The summed E-state index contributed by atoms with van der Waals surface area (Å²) in [5, 5.41) is 16.3. The number of nitrogens with zero attached hydrogens (tertiary/aromatic N) is 2. The lowest BCUT2D eigenvalue weighted by molar-refractivity contribution is 0.102. The van der Waals surface area contributed by atoms with Crippen LogP contribution < -0.4 is 10.6 Å². The number of H-pyrrole nitrogens is 1. The highest BCUT2D eigenvalue weighted by Crippen LogP contribution is 2.18. The topological polar surface area (TPSA) is 82.7 Å². The van der Waals surface area contributed by atoms with E-state index in [1.165, 1.54) is 0 Å². The highest BCUT2D eigenvalue weighted by Gasteiger charge is 2.16. The quantitative estimate of drug-likeness (QED) is 0.690. The SMILES string of the molecule is Cc1cccc(NC(=O)c2n[nH]nc2Nc2ccccc2)c1. The van der Waals surface area contributed by atoms with Gasteiger partial charge in [-0.1, -0.05) is 30.3 Å². The van der Waals surface area contributed by atoms with E-state index in [0.29, 0.717) is 5.82 Å². The maximum atomic E-state index is 12.3.